The minimum Gasteiger partial charge on any atom is -0.508 e. The van der Waals surface area contributed by atoms with Crippen molar-refractivity contribution in [2.45, 2.75) is 26.7 Å². The summed E-state index contributed by atoms with van der Waals surface area (Å²) >= 11 is 1.59. The summed E-state index contributed by atoms with van der Waals surface area (Å²) in [5.74, 6) is 0.305. The minimum atomic E-state index is 0.305. The average molecular weight is 277 g/mol. The lowest BCUT2D eigenvalue weighted by atomic mass is 10.1. The Morgan fingerprint density at radius 2 is 2.11 bits per heavy atom. The summed E-state index contributed by atoms with van der Waals surface area (Å²) in [6.45, 7) is 6.00. The first-order chi connectivity index (χ1) is 9.20. The van der Waals surface area contributed by atoms with E-state index in [0.717, 1.165) is 47.1 Å². The normalized spacial score (nSPS) is 10.8. The zero-order valence-corrected chi connectivity index (χ0v) is 12.1. The Balaban J connectivity index is 2.01. The van der Waals surface area contributed by atoms with E-state index in [0.29, 0.717) is 5.75 Å². The van der Waals surface area contributed by atoms with Crippen molar-refractivity contribution in [1.29, 1.82) is 0 Å². The van der Waals surface area contributed by atoms with Crippen LogP contribution < -0.4 is 5.32 Å². The summed E-state index contributed by atoms with van der Waals surface area (Å²) < 4.78 is 0. The van der Waals surface area contributed by atoms with Gasteiger partial charge in [-0.25, -0.2) is 0 Å². The molecule has 0 bridgehead atoms. The van der Waals surface area contributed by atoms with Crippen LogP contribution in [0.4, 0.5) is 0 Å². The van der Waals surface area contributed by atoms with Crippen LogP contribution in [0.15, 0.2) is 18.2 Å². The highest BCUT2D eigenvalue weighted by Gasteiger charge is 2.08. The van der Waals surface area contributed by atoms with Crippen LogP contribution in [-0.4, -0.2) is 28.4 Å². The fraction of sp³-hybridized carbons (Fsp3) is 0.429. The molecule has 0 aliphatic rings. The minimum absolute atomic E-state index is 0.305. The van der Waals surface area contributed by atoms with Gasteiger partial charge in [0.15, 0.2) is 0 Å². The third kappa shape index (κ3) is 3.75. The maximum Gasteiger partial charge on any atom is 0.147 e. The fourth-order valence-corrected chi connectivity index (χ4v) is 2.55. The van der Waals surface area contributed by atoms with Gasteiger partial charge in [0.2, 0.25) is 0 Å². The molecule has 4 nitrogen and oxygen atoms in total. The molecule has 0 spiro atoms. The fourth-order valence-electron chi connectivity index (χ4n) is 1.71. The van der Waals surface area contributed by atoms with E-state index in [1.807, 2.05) is 19.1 Å². The molecule has 0 aliphatic heterocycles. The second-order valence-electron chi connectivity index (χ2n) is 4.50. The van der Waals surface area contributed by atoms with Crippen molar-refractivity contribution in [1.82, 2.24) is 15.5 Å². The molecular weight excluding hydrogens is 258 g/mol. The Hall–Kier alpha value is -1.46. The smallest absolute Gasteiger partial charge is 0.147 e. The van der Waals surface area contributed by atoms with Gasteiger partial charge in [0.05, 0.1) is 0 Å². The maximum atomic E-state index is 9.72. The van der Waals surface area contributed by atoms with Gasteiger partial charge in [-0.3, -0.25) is 0 Å². The van der Waals surface area contributed by atoms with Gasteiger partial charge in [-0.2, -0.15) is 0 Å². The number of aromatic nitrogens is 2. The van der Waals surface area contributed by atoms with Gasteiger partial charge < -0.3 is 10.4 Å². The van der Waals surface area contributed by atoms with Gasteiger partial charge >= 0.3 is 0 Å². The first-order valence-electron chi connectivity index (χ1n) is 6.53. The maximum absolute atomic E-state index is 9.72. The molecule has 2 N–H and O–H groups in total. The van der Waals surface area contributed by atoms with Crippen molar-refractivity contribution in [3.05, 3.63) is 28.8 Å². The zero-order chi connectivity index (χ0) is 13.7. The number of benzene rings is 1. The molecule has 2 rings (SSSR count). The third-order valence-corrected chi connectivity index (χ3v) is 3.90. The molecule has 0 aliphatic carbocycles. The van der Waals surface area contributed by atoms with Crippen LogP contribution in [0.3, 0.4) is 0 Å². The molecule has 19 heavy (non-hydrogen) atoms. The lowest BCUT2D eigenvalue weighted by Gasteiger charge is -2.00. The van der Waals surface area contributed by atoms with Gasteiger partial charge in [0.25, 0.3) is 0 Å². The van der Waals surface area contributed by atoms with Gasteiger partial charge in [0.1, 0.15) is 15.8 Å². The summed E-state index contributed by atoms with van der Waals surface area (Å²) in [7, 11) is 0. The summed E-state index contributed by atoms with van der Waals surface area (Å²) in [6.07, 6.45) is 2.04. The number of hydrogen-bond acceptors (Lipinski definition) is 5. The predicted molar refractivity (Wildman–Crippen MR) is 78.6 cm³/mol. The number of phenols is 1. The van der Waals surface area contributed by atoms with E-state index >= 15 is 0 Å². The monoisotopic (exact) mass is 277 g/mol. The topological polar surface area (TPSA) is 58.0 Å². The van der Waals surface area contributed by atoms with Crippen molar-refractivity contribution in [3.8, 4) is 16.3 Å². The highest BCUT2D eigenvalue weighted by molar-refractivity contribution is 7.14. The molecule has 0 radical (unpaired) electrons. The molecule has 0 unspecified atom stereocenters. The van der Waals surface area contributed by atoms with Gasteiger partial charge in [-0.15, -0.1) is 10.2 Å². The first kappa shape index (κ1) is 14.0. The molecular formula is C14H19N3OS. The van der Waals surface area contributed by atoms with E-state index in [9.17, 15) is 5.11 Å². The Morgan fingerprint density at radius 1 is 1.26 bits per heavy atom. The molecule has 0 saturated heterocycles. The number of rotatable bonds is 6. The molecule has 0 saturated carbocycles. The lowest BCUT2D eigenvalue weighted by Crippen LogP contribution is -2.17. The van der Waals surface area contributed by atoms with E-state index < -0.39 is 0 Å². The third-order valence-electron chi connectivity index (χ3n) is 2.87. The molecule has 1 aromatic heterocycles. The quantitative estimate of drug-likeness (QED) is 0.797. The van der Waals surface area contributed by atoms with Gasteiger partial charge in [0, 0.05) is 18.5 Å². The van der Waals surface area contributed by atoms with E-state index in [1.165, 1.54) is 0 Å². The predicted octanol–water partition coefficient (Wildman–Crippen LogP) is 2.76. The number of nitrogens with one attached hydrogen (secondary N) is 1. The summed E-state index contributed by atoms with van der Waals surface area (Å²) in [6, 6.07) is 5.61. The molecule has 0 fully saturated rings. The first-order valence-corrected chi connectivity index (χ1v) is 7.35. The van der Waals surface area contributed by atoms with Gasteiger partial charge in [-0.05, 0) is 31.5 Å². The van der Waals surface area contributed by atoms with Crippen LogP contribution >= 0.6 is 11.3 Å². The molecule has 0 atom stereocenters. The van der Waals surface area contributed by atoms with Crippen LogP contribution in [-0.2, 0) is 6.42 Å². The van der Waals surface area contributed by atoms with Crippen LogP contribution in [0.5, 0.6) is 5.75 Å². The van der Waals surface area contributed by atoms with Crippen molar-refractivity contribution in [3.63, 3.8) is 0 Å². The van der Waals surface area contributed by atoms with E-state index in [-0.39, 0.29) is 0 Å². The highest BCUT2D eigenvalue weighted by Crippen LogP contribution is 2.28. The molecule has 1 heterocycles. The standard InChI is InChI=1S/C14H19N3OS/c1-3-7-15-8-6-13-16-17-14(19-13)11-5-4-10(2)12(18)9-11/h4-5,9,15,18H,3,6-8H2,1-2H3. The molecule has 102 valence electrons. The van der Waals surface area contributed by atoms with E-state index in [2.05, 4.69) is 22.4 Å². The number of aromatic hydroxyl groups is 1. The second-order valence-corrected chi connectivity index (χ2v) is 5.56. The van der Waals surface area contributed by atoms with Crippen LogP contribution in [0.1, 0.15) is 23.9 Å². The Labute approximate surface area is 117 Å². The SMILES string of the molecule is CCCNCCc1nnc(-c2ccc(C)c(O)c2)s1. The number of aryl methyl sites for hydroxylation is 1. The summed E-state index contributed by atoms with van der Waals surface area (Å²) in [5, 5.41) is 23.3. The van der Waals surface area contributed by atoms with E-state index in [4.69, 9.17) is 0 Å². The van der Waals surface area contributed by atoms with Crippen molar-refractivity contribution in [2.75, 3.05) is 13.1 Å². The van der Waals surface area contributed by atoms with Gasteiger partial charge in [-0.1, -0.05) is 30.4 Å². The average Bonchev–Trinajstić information content (AvgIpc) is 2.87. The highest BCUT2D eigenvalue weighted by atomic mass is 32.1. The summed E-state index contributed by atoms with van der Waals surface area (Å²) in [4.78, 5) is 0. The zero-order valence-electron chi connectivity index (χ0n) is 11.3. The Morgan fingerprint density at radius 3 is 2.84 bits per heavy atom. The molecule has 5 heteroatoms. The lowest BCUT2D eigenvalue weighted by molar-refractivity contribution is 0.471. The van der Waals surface area contributed by atoms with Crippen LogP contribution in [0.25, 0.3) is 10.6 Å². The van der Waals surface area contributed by atoms with Crippen molar-refractivity contribution < 1.29 is 5.11 Å². The largest absolute Gasteiger partial charge is 0.508 e. The number of nitrogens with zero attached hydrogens (tertiary/aromatic N) is 2. The van der Waals surface area contributed by atoms with Crippen molar-refractivity contribution >= 4 is 11.3 Å². The number of phenolic OH excluding ortho intramolecular Hbond substituents is 1. The summed E-state index contributed by atoms with van der Waals surface area (Å²) in [5.41, 5.74) is 1.80. The number of hydrogen-bond donors (Lipinski definition) is 2. The van der Waals surface area contributed by atoms with E-state index in [1.54, 1.807) is 17.4 Å². The molecule has 1 aromatic carbocycles. The molecule has 2 aromatic rings. The van der Waals surface area contributed by atoms with Crippen LogP contribution in [0.2, 0.25) is 0 Å². The van der Waals surface area contributed by atoms with Crippen LogP contribution in [0, 0.1) is 6.92 Å². The van der Waals surface area contributed by atoms with Crippen molar-refractivity contribution in [2.24, 2.45) is 0 Å². The second kappa shape index (κ2) is 6.63. The Kier molecular flexibility index (Phi) is 4.87. The Bertz CT molecular complexity index is 539. The molecule has 0 amide bonds.